The number of benzene rings is 1. The van der Waals surface area contributed by atoms with Crippen LogP contribution in [0.2, 0.25) is 5.02 Å². The molecule has 0 atom stereocenters. The predicted octanol–water partition coefficient (Wildman–Crippen LogP) is 3.58. The molecule has 88 valence electrons. The maximum atomic E-state index is 6.04. The van der Waals surface area contributed by atoms with E-state index in [0.717, 1.165) is 5.56 Å². The number of hydrogen-bond acceptors (Lipinski definition) is 4. The maximum absolute atomic E-state index is 6.04. The van der Waals surface area contributed by atoms with Crippen LogP contribution in [0.15, 0.2) is 28.9 Å². The standard InChI is InChI=1S/C11H9BrClN3O/c1-6-2-3-8(7(13)4-6)17-11-15-9(12)5-10(14)16-11/h2-5H,1H3,(H2,14,15,16). The lowest BCUT2D eigenvalue weighted by Crippen LogP contribution is -1.97. The first-order valence-electron chi connectivity index (χ1n) is 4.78. The van der Waals surface area contributed by atoms with Crippen LogP contribution < -0.4 is 10.5 Å². The van der Waals surface area contributed by atoms with Crippen LogP contribution in [-0.2, 0) is 0 Å². The van der Waals surface area contributed by atoms with Gasteiger partial charge in [0.15, 0.2) is 0 Å². The molecule has 1 aromatic heterocycles. The van der Waals surface area contributed by atoms with Crippen molar-refractivity contribution >= 4 is 33.3 Å². The lowest BCUT2D eigenvalue weighted by molar-refractivity contribution is 0.441. The van der Waals surface area contributed by atoms with Gasteiger partial charge >= 0.3 is 6.01 Å². The van der Waals surface area contributed by atoms with Gasteiger partial charge in [-0.15, -0.1) is 0 Å². The van der Waals surface area contributed by atoms with E-state index in [2.05, 4.69) is 25.9 Å². The third-order valence-corrected chi connectivity index (χ3v) is 2.68. The molecule has 0 bridgehead atoms. The number of ether oxygens (including phenoxy) is 1. The molecule has 0 amide bonds. The summed E-state index contributed by atoms with van der Waals surface area (Å²) in [6.45, 7) is 1.95. The Hall–Kier alpha value is -1.33. The zero-order chi connectivity index (χ0) is 12.4. The Kier molecular flexibility index (Phi) is 3.49. The molecule has 1 heterocycles. The van der Waals surface area contributed by atoms with Gasteiger partial charge in [0.2, 0.25) is 0 Å². The van der Waals surface area contributed by atoms with E-state index < -0.39 is 0 Å². The Bertz CT molecular complexity index is 542. The van der Waals surface area contributed by atoms with Crippen molar-refractivity contribution < 1.29 is 4.74 Å². The van der Waals surface area contributed by atoms with E-state index in [-0.39, 0.29) is 6.01 Å². The van der Waals surface area contributed by atoms with Crippen molar-refractivity contribution in [2.75, 3.05) is 5.73 Å². The molecule has 2 N–H and O–H groups in total. The SMILES string of the molecule is Cc1ccc(Oc2nc(N)cc(Br)n2)c(Cl)c1. The number of nitrogen functional groups attached to an aromatic ring is 1. The number of aromatic nitrogens is 2. The first kappa shape index (κ1) is 12.1. The smallest absolute Gasteiger partial charge is 0.325 e. The molecule has 0 saturated heterocycles. The molecule has 0 saturated carbocycles. The average Bonchev–Trinajstić information content (AvgIpc) is 2.21. The summed E-state index contributed by atoms with van der Waals surface area (Å²) in [7, 11) is 0. The Morgan fingerprint density at radius 2 is 2.06 bits per heavy atom. The fraction of sp³-hybridized carbons (Fsp3) is 0.0909. The third-order valence-electron chi connectivity index (χ3n) is 1.98. The fourth-order valence-corrected chi connectivity index (χ4v) is 1.91. The Morgan fingerprint density at radius 1 is 1.29 bits per heavy atom. The highest BCUT2D eigenvalue weighted by Gasteiger charge is 2.07. The molecule has 2 rings (SSSR count). The van der Waals surface area contributed by atoms with E-state index >= 15 is 0 Å². The maximum Gasteiger partial charge on any atom is 0.325 e. The molecule has 0 aliphatic rings. The van der Waals surface area contributed by atoms with Gasteiger partial charge in [0.05, 0.1) is 5.02 Å². The second-order valence-electron chi connectivity index (χ2n) is 3.43. The minimum Gasteiger partial charge on any atom is -0.423 e. The Morgan fingerprint density at radius 3 is 2.71 bits per heavy atom. The largest absolute Gasteiger partial charge is 0.423 e. The molecule has 1 aromatic carbocycles. The summed E-state index contributed by atoms with van der Waals surface area (Å²) in [6, 6.07) is 7.20. The summed E-state index contributed by atoms with van der Waals surface area (Å²) in [5.41, 5.74) is 6.63. The lowest BCUT2D eigenvalue weighted by atomic mass is 10.2. The molecule has 4 nitrogen and oxygen atoms in total. The van der Waals surface area contributed by atoms with Crippen LogP contribution in [0, 0.1) is 6.92 Å². The van der Waals surface area contributed by atoms with Crippen LogP contribution in [0.4, 0.5) is 5.82 Å². The average molecular weight is 315 g/mol. The van der Waals surface area contributed by atoms with Crippen LogP contribution >= 0.6 is 27.5 Å². The van der Waals surface area contributed by atoms with E-state index in [1.165, 1.54) is 0 Å². The van der Waals surface area contributed by atoms with Gasteiger partial charge < -0.3 is 10.5 Å². The summed E-state index contributed by atoms with van der Waals surface area (Å²) in [6.07, 6.45) is 0. The van der Waals surface area contributed by atoms with E-state index in [1.54, 1.807) is 18.2 Å². The van der Waals surface area contributed by atoms with Gasteiger partial charge in [-0.25, -0.2) is 0 Å². The molecular formula is C11H9BrClN3O. The minimum absolute atomic E-state index is 0.155. The second-order valence-corrected chi connectivity index (χ2v) is 4.65. The molecule has 0 radical (unpaired) electrons. The van der Waals surface area contributed by atoms with E-state index in [9.17, 15) is 0 Å². The predicted molar refractivity (Wildman–Crippen MR) is 70.4 cm³/mol. The highest BCUT2D eigenvalue weighted by Crippen LogP contribution is 2.29. The number of nitrogens with two attached hydrogens (primary N) is 1. The van der Waals surface area contributed by atoms with Crippen LogP contribution in [0.5, 0.6) is 11.8 Å². The molecule has 2 aromatic rings. The highest BCUT2D eigenvalue weighted by molar-refractivity contribution is 9.10. The van der Waals surface area contributed by atoms with Crippen molar-refractivity contribution in [3.63, 3.8) is 0 Å². The normalized spacial score (nSPS) is 10.3. The van der Waals surface area contributed by atoms with Crippen LogP contribution in [0.3, 0.4) is 0 Å². The number of anilines is 1. The van der Waals surface area contributed by atoms with E-state index in [4.69, 9.17) is 22.1 Å². The Balaban J connectivity index is 2.31. The zero-order valence-corrected chi connectivity index (χ0v) is 11.3. The summed E-state index contributed by atoms with van der Waals surface area (Å²) < 4.78 is 6.02. The molecular weight excluding hydrogens is 305 g/mol. The van der Waals surface area contributed by atoms with Gasteiger partial charge in [-0.3, -0.25) is 0 Å². The van der Waals surface area contributed by atoms with Crippen LogP contribution in [0.1, 0.15) is 5.56 Å². The van der Waals surface area contributed by atoms with Crippen molar-refractivity contribution in [1.29, 1.82) is 0 Å². The molecule has 17 heavy (non-hydrogen) atoms. The molecule has 6 heteroatoms. The minimum atomic E-state index is 0.155. The monoisotopic (exact) mass is 313 g/mol. The highest BCUT2D eigenvalue weighted by atomic mass is 79.9. The van der Waals surface area contributed by atoms with Gasteiger partial charge in [0, 0.05) is 6.07 Å². The van der Waals surface area contributed by atoms with Crippen molar-refractivity contribution in [2.45, 2.75) is 6.92 Å². The van der Waals surface area contributed by atoms with Gasteiger partial charge in [0.1, 0.15) is 16.2 Å². The first-order chi connectivity index (χ1) is 8.04. The number of rotatable bonds is 2. The molecule has 0 aliphatic heterocycles. The fourth-order valence-electron chi connectivity index (χ4n) is 1.25. The number of nitrogens with zero attached hydrogens (tertiary/aromatic N) is 2. The Labute approximate surface area is 112 Å². The van der Waals surface area contributed by atoms with Crippen LogP contribution in [-0.4, -0.2) is 9.97 Å². The van der Waals surface area contributed by atoms with Gasteiger partial charge in [-0.1, -0.05) is 17.7 Å². The van der Waals surface area contributed by atoms with Gasteiger partial charge in [-0.05, 0) is 40.5 Å². The number of halogens is 2. The van der Waals surface area contributed by atoms with E-state index in [0.29, 0.717) is 21.2 Å². The van der Waals surface area contributed by atoms with Crippen molar-refractivity contribution in [1.82, 2.24) is 9.97 Å². The summed E-state index contributed by atoms with van der Waals surface area (Å²) in [5.74, 6) is 0.819. The lowest BCUT2D eigenvalue weighted by Gasteiger charge is -2.07. The summed E-state index contributed by atoms with van der Waals surface area (Å²) in [4.78, 5) is 7.99. The van der Waals surface area contributed by atoms with Crippen molar-refractivity contribution in [3.8, 4) is 11.8 Å². The van der Waals surface area contributed by atoms with E-state index in [1.807, 2.05) is 13.0 Å². The first-order valence-corrected chi connectivity index (χ1v) is 5.96. The third kappa shape index (κ3) is 3.08. The van der Waals surface area contributed by atoms with Gasteiger partial charge in [-0.2, -0.15) is 9.97 Å². The number of hydrogen-bond donors (Lipinski definition) is 1. The van der Waals surface area contributed by atoms with Crippen molar-refractivity contribution in [2.24, 2.45) is 0 Å². The van der Waals surface area contributed by atoms with Crippen molar-refractivity contribution in [3.05, 3.63) is 39.5 Å². The molecule has 0 fully saturated rings. The molecule has 0 aliphatic carbocycles. The second kappa shape index (κ2) is 4.89. The molecule has 0 spiro atoms. The number of aryl methyl sites for hydroxylation is 1. The summed E-state index contributed by atoms with van der Waals surface area (Å²) >= 11 is 9.25. The van der Waals surface area contributed by atoms with Crippen LogP contribution in [0.25, 0.3) is 0 Å². The molecule has 0 unspecified atom stereocenters. The topological polar surface area (TPSA) is 61.0 Å². The van der Waals surface area contributed by atoms with Gasteiger partial charge in [0.25, 0.3) is 0 Å². The zero-order valence-electron chi connectivity index (χ0n) is 8.95. The summed E-state index contributed by atoms with van der Waals surface area (Å²) in [5, 5.41) is 0.507. The quantitative estimate of drug-likeness (QED) is 0.861.